The molecule has 0 spiro atoms. The maximum Gasteiger partial charge on any atom is 0.330 e. The van der Waals surface area contributed by atoms with Crippen molar-refractivity contribution in [3.8, 4) is 0 Å². The van der Waals surface area contributed by atoms with E-state index < -0.39 is 11.5 Å². The van der Waals surface area contributed by atoms with Gasteiger partial charge in [0, 0.05) is 17.6 Å². The summed E-state index contributed by atoms with van der Waals surface area (Å²) >= 11 is 1.54. The SMILES string of the molecule is Cc1ncccc1C(=O)NC1(C(=O)O)CCSC1. The highest BCUT2D eigenvalue weighted by Crippen LogP contribution is 2.28. The molecule has 1 amide bonds. The van der Waals surface area contributed by atoms with E-state index in [2.05, 4.69) is 10.3 Å². The molecule has 1 saturated heterocycles. The van der Waals surface area contributed by atoms with Crippen LogP contribution in [-0.2, 0) is 4.79 Å². The summed E-state index contributed by atoms with van der Waals surface area (Å²) in [5, 5.41) is 11.9. The standard InChI is InChI=1S/C12H14N2O3S/c1-8-9(3-2-5-13-8)10(15)14-12(11(16)17)4-6-18-7-12/h2-3,5H,4,6-7H2,1H3,(H,14,15)(H,16,17). The van der Waals surface area contributed by atoms with E-state index in [9.17, 15) is 14.7 Å². The molecule has 6 heteroatoms. The molecular formula is C12H14N2O3S. The highest BCUT2D eigenvalue weighted by molar-refractivity contribution is 7.99. The maximum absolute atomic E-state index is 12.1. The molecule has 0 aliphatic carbocycles. The minimum absolute atomic E-state index is 0.370. The van der Waals surface area contributed by atoms with Gasteiger partial charge >= 0.3 is 5.97 Å². The second-order valence-corrected chi connectivity index (χ2v) is 5.39. The van der Waals surface area contributed by atoms with Crippen LogP contribution in [0, 0.1) is 6.92 Å². The number of nitrogens with one attached hydrogen (secondary N) is 1. The van der Waals surface area contributed by atoms with Gasteiger partial charge in [0.05, 0.1) is 5.56 Å². The lowest BCUT2D eigenvalue weighted by molar-refractivity contribution is -0.143. The number of aliphatic carboxylic acids is 1. The maximum atomic E-state index is 12.1. The van der Waals surface area contributed by atoms with Crippen LogP contribution in [0.4, 0.5) is 0 Å². The summed E-state index contributed by atoms with van der Waals surface area (Å²) in [7, 11) is 0. The van der Waals surface area contributed by atoms with E-state index in [1.165, 1.54) is 11.8 Å². The first-order valence-electron chi connectivity index (χ1n) is 5.60. The molecule has 1 aliphatic rings. The summed E-state index contributed by atoms with van der Waals surface area (Å²) in [6.45, 7) is 1.73. The topological polar surface area (TPSA) is 79.3 Å². The number of nitrogens with zero attached hydrogens (tertiary/aromatic N) is 1. The number of carbonyl (C=O) groups is 2. The lowest BCUT2D eigenvalue weighted by Gasteiger charge is -2.24. The second-order valence-electron chi connectivity index (χ2n) is 4.28. The van der Waals surface area contributed by atoms with Crippen molar-refractivity contribution in [2.75, 3.05) is 11.5 Å². The number of hydrogen-bond donors (Lipinski definition) is 2. The Hall–Kier alpha value is -1.56. The van der Waals surface area contributed by atoms with Crippen molar-refractivity contribution in [2.45, 2.75) is 18.9 Å². The minimum atomic E-state index is -1.13. The molecule has 2 heterocycles. The van der Waals surface area contributed by atoms with E-state index in [1.54, 1.807) is 25.3 Å². The highest BCUT2D eigenvalue weighted by atomic mass is 32.2. The van der Waals surface area contributed by atoms with Crippen molar-refractivity contribution in [1.29, 1.82) is 0 Å². The van der Waals surface area contributed by atoms with Crippen molar-refractivity contribution in [2.24, 2.45) is 0 Å². The number of carboxylic acid groups (broad SMARTS) is 1. The van der Waals surface area contributed by atoms with Gasteiger partial charge in [-0.15, -0.1) is 0 Å². The van der Waals surface area contributed by atoms with Crippen molar-refractivity contribution in [3.63, 3.8) is 0 Å². The summed E-state index contributed by atoms with van der Waals surface area (Å²) in [5.74, 6) is -0.181. The monoisotopic (exact) mass is 266 g/mol. The molecule has 1 fully saturated rings. The lowest BCUT2D eigenvalue weighted by Crippen LogP contribution is -2.54. The van der Waals surface area contributed by atoms with E-state index in [-0.39, 0.29) is 5.91 Å². The first-order valence-corrected chi connectivity index (χ1v) is 6.76. The van der Waals surface area contributed by atoms with Gasteiger partial charge in [0.25, 0.3) is 5.91 Å². The number of pyridine rings is 1. The smallest absolute Gasteiger partial charge is 0.330 e. The number of carbonyl (C=O) groups excluding carboxylic acids is 1. The minimum Gasteiger partial charge on any atom is -0.479 e. The normalized spacial score (nSPS) is 22.7. The van der Waals surface area contributed by atoms with Gasteiger partial charge < -0.3 is 10.4 Å². The second kappa shape index (κ2) is 4.97. The van der Waals surface area contributed by atoms with Crippen LogP contribution in [0.15, 0.2) is 18.3 Å². The van der Waals surface area contributed by atoms with Gasteiger partial charge in [-0.05, 0) is 31.2 Å². The van der Waals surface area contributed by atoms with Crippen molar-refractivity contribution in [3.05, 3.63) is 29.6 Å². The molecule has 5 nitrogen and oxygen atoms in total. The first-order chi connectivity index (χ1) is 8.55. The number of carboxylic acids is 1. The average molecular weight is 266 g/mol. The fourth-order valence-corrected chi connectivity index (χ4v) is 3.22. The molecule has 0 radical (unpaired) electrons. The average Bonchev–Trinajstić information content (AvgIpc) is 2.79. The van der Waals surface area contributed by atoms with Crippen molar-refractivity contribution < 1.29 is 14.7 Å². The fraction of sp³-hybridized carbons (Fsp3) is 0.417. The molecule has 1 unspecified atom stereocenters. The van der Waals surface area contributed by atoms with Crippen LogP contribution in [0.1, 0.15) is 22.5 Å². The predicted molar refractivity (Wildman–Crippen MR) is 68.7 cm³/mol. The van der Waals surface area contributed by atoms with Crippen LogP contribution in [0.25, 0.3) is 0 Å². The summed E-state index contributed by atoms with van der Waals surface area (Å²) in [5.41, 5.74) is -0.111. The Bertz CT molecular complexity index is 484. The number of aryl methyl sites for hydroxylation is 1. The molecule has 1 aromatic rings. The van der Waals surface area contributed by atoms with Gasteiger partial charge in [-0.2, -0.15) is 11.8 Å². The van der Waals surface area contributed by atoms with Gasteiger partial charge in [-0.3, -0.25) is 9.78 Å². The summed E-state index contributed by atoms with van der Waals surface area (Å²) < 4.78 is 0. The Balaban J connectivity index is 2.21. The van der Waals surface area contributed by atoms with Crippen LogP contribution in [0.5, 0.6) is 0 Å². The molecule has 1 atom stereocenters. The first kappa shape index (κ1) is 12.9. The van der Waals surface area contributed by atoms with E-state index in [1.807, 2.05) is 0 Å². The number of thioether (sulfide) groups is 1. The summed E-state index contributed by atoms with van der Waals surface area (Å²) in [4.78, 5) is 27.5. The van der Waals surface area contributed by atoms with E-state index in [4.69, 9.17) is 0 Å². The highest BCUT2D eigenvalue weighted by Gasteiger charge is 2.43. The number of rotatable bonds is 3. The molecular weight excluding hydrogens is 252 g/mol. The predicted octanol–water partition coefficient (Wildman–Crippen LogP) is 1.08. The van der Waals surface area contributed by atoms with Gasteiger partial charge in [-0.25, -0.2) is 4.79 Å². The van der Waals surface area contributed by atoms with Gasteiger partial charge in [0.15, 0.2) is 0 Å². The van der Waals surface area contributed by atoms with Crippen molar-refractivity contribution >= 4 is 23.6 Å². The Kier molecular flexibility index (Phi) is 3.56. The third-order valence-corrected chi connectivity index (χ3v) is 4.23. The molecule has 0 saturated carbocycles. The zero-order chi connectivity index (χ0) is 13.2. The molecule has 96 valence electrons. The third-order valence-electron chi connectivity index (χ3n) is 3.04. The van der Waals surface area contributed by atoms with E-state index in [0.29, 0.717) is 23.4 Å². The summed E-state index contributed by atoms with van der Waals surface area (Å²) in [6, 6.07) is 3.31. The zero-order valence-corrected chi connectivity index (χ0v) is 10.8. The molecule has 0 aromatic carbocycles. The van der Waals surface area contributed by atoms with Crippen LogP contribution in [0.2, 0.25) is 0 Å². The number of amides is 1. The Labute approximate surface area is 109 Å². The van der Waals surface area contributed by atoms with E-state index in [0.717, 1.165) is 5.75 Å². The quantitative estimate of drug-likeness (QED) is 0.856. The molecule has 0 bridgehead atoms. The molecule has 18 heavy (non-hydrogen) atoms. The lowest BCUT2D eigenvalue weighted by atomic mass is 9.98. The zero-order valence-electron chi connectivity index (χ0n) is 9.97. The van der Waals surface area contributed by atoms with Crippen LogP contribution in [-0.4, -0.2) is 39.0 Å². The number of hydrogen-bond acceptors (Lipinski definition) is 4. The fourth-order valence-electron chi connectivity index (χ4n) is 1.89. The van der Waals surface area contributed by atoms with Gasteiger partial charge in [0.1, 0.15) is 5.54 Å². The molecule has 2 rings (SSSR count). The molecule has 1 aliphatic heterocycles. The van der Waals surface area contributed by atoms with Gasteiger partial charge in [0.2, 0.25) is 0 Å². The third kappa shape index (κ3) is 2.33. The molecule has 2 N–H and O–H groups in total. The van der Waals surface area contributed by atoms with E-state index >= 15 is 0 Å². The van der Waals surface area contributed by atoms with Crippen molar-refractivity contribution in [1.82, 2.24) is 10.3 Å². The van der Waals surface area contributed by atoms with Gasteiger partial charge in [-0.1, -0.05) is 0 Å². The Morgan fingerprint density at radius 2 is 2.33 bits per heavy atom. The Morgan fingerprint density at radius 1 is 1.56 bits per heavy atom. The Morgan fingerprint density at radius 3 is 2.89 bits per heavy atom. The van der Waals surface area contributed by atoms with Crippen LogP contribution >= 0.6 is 11.8 Å². The molecule has 1 aromatic heterocycles. The van der Waals surface area contributed by atoms with Crippen LogP contribution in [0.3, 0.4) is 0 Å². The summed E-state index contributed by atoms with van der Waals surface area (Å²) in [6.07, 6.45) is 2.06. The number of aromatic nitrogens is 1. The van der Waals surface area contributed by atoms with Crippen LogP contribution < -0.4 is 5.32 Å². The largest absolute Gasteiger partial charge is 0.479 e.